The Hall–Kier alpha value is -0.530. The second-order valence-electron chi connectivity index (χ2n) is 9.45. The molecule has 0 aromatic carbocycles. The normalized spacial score (nSPS) is 45.7. The Morgan fingerprint density at radius 2 is 1.62 bits per heavy atom. The van der Waals surface area contributed by atoms with E-state index in [4.69, 9.17) is 5.11 Å². The summed E-state index contributed by atoms with van der Waals surface area (Å²) in [5.41, 5.74) is 0.338. The van der Waals surface area contributed by atoms with Crippen LogP contribution in [0.3, 0.4) is 0 Å². The molecule has 4 fully saturated rings. The van der Waals surface area contributed by atoms with E-state index < -0.39 is 31.0 Å². The molecule has 0 aliphatic heterocycles. The average Bonchev–Trinajstić information content (AvgIpc) is 2.46. The van der Waals surface area contributed by atoms with E-state index in [2.05, 4.69) is 19.2 Å². The van der Waals surface area contributed by atoms with Crippen molar-refractivity contribution < 1.29 is 25.2 Å². The molecule has 24 heavy (non-hydrogen) atoms. The molecule has 0 aromatic rings. The van der Waals surface area contributed by atoms with Gasteiger partial charge in [0, 0.05) is 5.54 Å². The predicted molar refractivity (Wildman–Crippen MR) is 88.2 cm³/mol. The van der Waals surface area contributed by atoms with Gasteiger partial charge in [0.15, 0.2) is 0 Å². The largest absolute Gasteiger partial charge is 0.394 e. The van der Waals surface area contributed by atoms with Gasteiger partial charge in [-0.1, -0.05) is 13.8 Å². The predicted octanol–water partition coefficient (Wildman–Crippen LogP) is -0.0325. The summed E-state index contributed by atoms with van der Waals surface area (Å²) >= 11 is 0. The number of hydrogen-bond acceptors (Lipinski definition) is 6. The first-order valence-corrected chi connectivity index (χ1v) is 9.01. The number of aliphatic hydroxyl groups is 4. The van der Waals surface area contributed by atoms with Gasteiger partial charge in [-0.2, -0.15) is 0 Å². The Morgan fingerprint density at radius 3 is 2.08 bits per heavy atom. The third kappa shape index (κ3) is 3.15. The van der Waals surface area contributed by atoms with Gasteiger partial charge in [0.2, 0.25) is 0 Å². The first kappa shape index (κ1) is 18.3. The van der Waals surface area contributed by atoms with Crippen LogP contribution in [-0.2, 0) is 4.79 Å². The molecule has 4 aliphatic rings. The molecule has 5 N–H and O–H groups in total. The highest BCUT2D eigenvalue weighted by Crippen LogP contribution is 2.66. The maximum atomic E-state index is 11.6. The van der Waals surface area contributed by atoms with Gasteiger partial charge in [0.05, 0.1) is 12.6 Å². The highest BCUT2D eigenvalue weighted by atomic mass is 16.4. The minimum Gasteiger partial charge on any atom is -0.394 e. The zero-order chi connectivity index (χ0) is 17.8. The zero-order valence-corrected chi connectivity index (χ0v) is 14.6. The van der Waals surface area contributed by atoms with E-state index in [-0.39, 0.29) is 16.4 Å². The van der Waals surface area contributed by atoms with Crippen LogP contribution in [0.1, 0.15) is 52.4 Å². The number of rotatable bonds is 7. The lowest BCUT2D eigenvalue weighted by molar-refractivity contribution is -0.140. The molecule has 0 saturated heterocycles. The van der Waals surface area contributed by atoms with E-state index in [1.54, 1.807) is 0 Å². The van der Waals surface area contributed by atoms with Crippen LogP contribution in [0.5, 0.6) is 0 Å². The maximum absolute atomic E-state index is 11.6. The van der Waals surface area contributed by atoms with Crippen LogP contribution >= 0.6 is 0 Å². The molecule has 4 aliphatic carbocycles. The van der Waals surface area contributed by atoms with E-state index in [0.29, 0.717) is 12.2 Å². The number of aldehydes is 1. The number of aliphatic hydroxyl groups excluding tert-OH is 4. The maximum Gasteiger partial charge on any atom is 0.139 e. The van der Waals surface area contributed by atoms with Crippen molar-refractivity contribution in [3.8, 4) is 0 Å². The molecule has 0 amide bonds. The summed E-state index contributed by atoms with van der Waals surface area (Å²) in [6.07, 6.45) is 2.75. The van der Waals surface area contributed by atoms with E-state index in [1.165, 1.54) is 19.3 Å². The number of hydrogen-bond donors (Lipinski definition) is 5. The topological polar surface area (TPSA) is 110 Å². The average molecular weight is 341 g/mol. The lowest BCUT2D eigenvalue weighted by Crippen LogP contribution is -2.68. The minimum atomic E-state index is -1.56. The van der Waals surface area contributed by atoms with Gasteiger partial charge in [0.25, 0.3) is 0 Å². The standard InChI is InChI=1S/C18H31NO5/c1-16-3-11-4-17(2,8-16)10-18(5-11,9-16)19-12(6-20)14(23)15(24)13(22)7-21/h6,11-15,19,21-24H,3-5,7-10H2,1-2H3/t11?,12?,13-,14?,15-,16-,17-,18?/m0/s1. The summed E-state index contributed by atoms with van der Waals surface area (Å²) in [7, 11) is 0. The Balaban J connectivity index is 1.77. The van der Waals surface area contributed by atoms with E-state index in [0.717, 1.165) is 19.3 Å². The molecule has 0 spiro atoms. The monoisotopic (exact) mass is 341 g/mol. The van der Waals surface area contributed by atoms with Crippen molar-refractivity contribution in [3.05, 3.63) is 0 Å². The van der Waals surface area contributed by atoms with E-state index >= 15 is 0 Å². The summed E-state index contributed by atoms with van der Waals surface area (Å²) in [6, 6.07) is -0.954. The molecule has 4 bridgehead atoms. The molecule has 138 valence electrons. The number of nitrogens with one attached hydrogen (secondary N) is 1. The molecule has 4 saturated carbocycles. The van der Waals surface area contributed by atoms with Crippen LogP contribution in [0.25, 0.3) is 0 Å². The lowest BCUT2D eigenvalue weighted by atomic mass is 9.42. The Labute approximate surface area is 143 Å². The van der Waals surface area contributed by atoms with Gasteiger partial charge in [-0.15, -0.1) is 0 Å². The van der Waals surface area contributed by atoms with Crippen LogP contribution in [0, 0.1) is 16.7 Å². The first-order chi connectivity index (χ1) is 11.1. The van der Waals surface area contributed by atoms with Crippen molar-refractivity contribution in [1.82, 2.24) is 5.32 Å². The van der Waals surface area contributed by atoms with Gasteiger partial charge < -0.3 is 25.2 Å². The van der Waals surface area contributed by atoms with Gasteiger partial charge in [-0.05, 0) is 55.3 Å². The molecule has 6 nitrogen and oxygen atoms in total. The highest BCUT2D eigenvalue weighted by Gasteiger charge is 2.60. The van der Waals surface area contributed by atoms with Gasteiger partial charge in [-0.3, -0.25) is 5.32 Å². The molecular formula is C18H31NO5. The van der Waals surface area contributed by atoms with Crippen molar-refractivity contribution >= 4 is 6.29 Å². The van der Waals surface area contributed by atoms with Crippen molar-refractivity contribution in [2.75, 3.05) is 6.61 Å². The van der Waals surface area contributed by atoms with Crippen LogP contribution in [0.2, 0.25) is 0 Å². The summed E-state index contributed by atoms with van der Waals surface area (Å²) in [4.78, 5) is 11.6. The van der Waals surface area contributed by atoms with Crippen molar-refractivity contribution in [2.24, 2.45) is 16.7 Å². The summed E-state index contributed by atoms with van der Waals surface area (Å²) in [6.45, 7) is 3.99. The second kappa shape index (κ2) is 6.02. The quantitative estimate of drug-likeness (QED) is 0.416. The fraction of sp³-hybridized carbons (Fsp3) is 0.944. The second-order valence-corrected chi connectivity index (χ2v) is 9.45. The lowest BCUT2D eigenvalue weighted by Gasteiger charge is -2.66. The highest BCUT2D eigenvalue weighted by molar-refractivity contribution is 5.59. The van der Waals surface area contributed by atoms with Crippen molar-refractivity contribution in [3.63, 3.8) is 0 Å². The SMILES string of the molecule is C[C@@]12CC3CC(NC(C=O)C(O)[C@@H](O)[C@@H](O)CO)(C1)C[C@@](C)(C3)C2. The number of carbonyl (C=O) groups excluding carboxylic acids is 1. The van der Waals surface area contributed by atoms with Crippen LogP contribution in [-0.4, -0.2) is 63.2 Å². The van der Waals surface area contributed by atoms with Gasteiger partial charge >= 0.3 is 0 Å². The van der Waals surface area contributed by atoms with E-state index in [1.807, 2.05) is 0 Å². The third-order valence-electron chi connectivity index (χ3n) is 6.54. The summed E-state index contributed by atoms with van der Waals surface area (Å²) in [5.74, 6) is 0.640. The van der Waals surface area contributed by atoms with Crippen LogP contribution in [0.15, 0.2) is 0 Å². The van der Waals surface area contributed by atoms with E-state index in [9.17, 15) is 20.1 Å². The molecular weight excluding hydrogens is 310 g/mol. The zero-order valence-electron chi connectivity index (χ0n) is 14.6. The molecule has 0 aromatic heterocycles. The fourth-order valence-electron chi connectivity index (χ4n) is 6.71. The summed E-state index contributed by atoms with van der Waals surface area (Å²) < 4.78 is 0. The molecule has 6 atom stereocenters. The van der Waals surface area contributed by atoms with Crippen molar-refractivity contribution in [2.45, 2.75) is 82.3 Å². The summed E-state index contributed by atoms with van der Waals surface area (Å²) in [5, 5.41) is 42.1. The molecule has 2 unspecified atom stereocenters. The molecule has 6 heteroatoms. The molecule has 4 rings (SSSR count). The van der Waals surface area contributed by atoms with Gasteiger partial charge in [0.1, 0.15) is 24.6 Å². The Bertz CT molecular complexity index is 480. The van der Waals surface area contributed by atoms with Crippen molar-refractivity contribution in [1.29, 1.82) is 0 Å². The van der Waals surface area contributed by atoms with Crippen LogP contribution < -0.4 is 5.32 Å². The molecule has 0 heterocycles. The smallest absolute Gasteiger partial charge is 0.139 e. The Morgan fingerprint density at radius 1 is 1.04 bits per heavy atom. The van der Waals surface area contributed by atoms with Crippen LogP contribution in [0.4, 0.5) is 0 Å². The molecule has 0 radical (unpaired) electrons. The third-order valence-corrected chi connectivity index (χ3v) is 6.54. The number of carbonyl (C=O) groups is 1. The fourth-order valence-corrected chi connectivity index (χ4v) is 6.71. The minimum absolute atomic E-state index is 0.195. The first-order valence-electron chi connectivity index (χ1n) is 9.01. The van der Waals surface area contributed by atoms with Gasteiger partial charge in [-0.25, -0.2) is 0 Å². The Kier molecular flexibility index (Phi) is 4.58.